The molecule has 0 bridgehead atoms. The molecule has 32 heavy (non-hydrogen) atoms. The Morgan fingerprint density at radius 1 is 0.938 bits per heavy atom. The molecule has 0 radical (unpaired) electrons. The lowest BCUT2D eigenvalue weighted by atomic mass is 10.1. The summed E-state index contributed by atoms with van der Waals surface area (Å²) in [7, 11) is 0. The minimum absolute atomic E-state index is 0.0709. The maximum absolute atomic E-state index is 11.7. The Balaban J connectivity index is 1.49. The van der Waals surface area contributed by atoms with Gasteiger partial charge in [-0.1, -0.05) is 6.07 Å². The van der Waals surface area contributed by atoms with Gasteiger partial charge in [0.1, 0.15) is 11.3 Å². The number of hydrogen-bond acceptors (Lipinski definition) is 6. The summed E-state index contributed by atoms with van der Waals surface area (Å²) in [6.45, 7) is 1.59. The summed E-state index contributed by atoms with van der Waals surface area (Å²) in [5, 5.41) is 9.53. The molecule has 0 fully saturated rings. The average molecular weight is 437 g/mol. The Morgan fingerprint density at radius 2 is 1.88 bits per heavy atom. The molecule has 0 aliphatic rings. The van der Waals surface area contributed by atoms with Crippen LogP contribution in [0.4, 0.5) is 0 Å². The Hall–Kier alpha value is -4.17. The monoisotopic (exact) mass is 436 g/mol. The maximum atomic E-state index is 11.7. The van der Waals surface area contributed by atoms with E-state index < -0.39 is 0 Å². The Kier molecular flexibility index (Phi) is 4.19. The smallest absolute Gasteiger partial charge is 0.169 e. The van der Waals surface area contributed by atoms with E-state index in [0.29, 0.717) is 0 Å². The van der Waals surface area contributed by atoms with Gasteiger partial charge in [-0.25, -0.2) is 4.98 Å². The third kappa shape index (κ3) is 3.00. The van der Waals surface area contributed by atoms with E-state index in [-0.39, 0.29) is 5.78 Å². The van der Waals surface area contributed by atoms with Gasteiger partial charge in [0.05, 0.1) is 33.7 Å². The van der Waals surface area contributed by atoms with Crippen molar-refractivity contribution in [2.45, 2.75) is 6.92 Å². The molecule has 0 aliphatic carbocycles. The lowest BCUT2D eigenvalue weighted by Gasteiger charge is -2.00. The number of aromatic nitrogens is 6. The fourth-order valence-corrected chi connectivity index (χ4v) is 4.76. The first-order valence-corrected chi connectivity index (χ1v) is 10.8. The van der Waals surface area contributed by atoms with Crippen LogP contribution in [0.3, 0.4) is 0 Å². The van der Waals surface area contributed by atoms with Crippen molar-refractivity contribution in [1.82, 2.24) is 30.1 Å². The summed E-state index contributed by atoms with van der Waals surface area (Å²) in [5.41, 5.74) is 5.88. The molecule has 0 atom stereocenters. The molecule has 0 aliphatic heterocycles. The highest BCUT2D eigenvalue weighted by Gasteiger charge is 2.16. The fourth-order valence-electron chi connectivity index (χ4n) is 3.82. The second kappa shape index (κ2) is 7.21. The minimum Gasteiger partial charge on any atom is -0.338 e. The highest BCUT2D eigenvalue weighted by molar-refractivity contribution is 7.17. The predicted molar refractivity (Wildman–Crippen MR) is 126 cm³/mol. The van der Waals surface area contributed by atoms with Crippen molar-refractivity contribution in [3.8, 4) is 33.2 Å². The van der Waals surface area contributed by atoms with Gasteiger partial charge < -0.3 is 4.98 Å². The molecule has 7 nitrogen and oxygen atoms in total. The minimum atomic E-state index is 0.0709. The number of H-pyrrole nitrogens is 2. The molecule has 8 heteroatoms. The van der Waals surface area contributed by atoms with Crippen LogP contribution in [0.15, 0.2) is 67.1 Å². The molecule has 6 aromatic rings. The van der Waals surface area contributed by atoms with Crippen LogP contribution in [-0.2, 0) is 0 Å². The highest BCUT2D eigenvalue weighted by atomic mass is 32.1. The molecule has 0 saturated heterocycles. The van der Waals surface area contributed by atoms with Crippen LogP contribution >= 0.6 is 11.3 Å². The largest absolute Gasteiger partial charge is 0.338 e. The van der Waals surface area contributed by atoms with E-state index in [1.54, 1.807) is 25.5 Å². The van der Waals surface area contributed by atoms with E-state index in [1.807, 2.05) is 42.5 Å². The zero-order chi connectivity index (χ0) is 21.7. The standard InChI is InChI=1S/C24H16N6OS/c1-13(31)21-5-6-22(32-21)14-7-9-26-24-15(14)10-19(28-24)23-16-11-18(17-4-2-3-8-25-17)27-12-20(16)29-30-23/h2-12H,1H3,(H,26,28)(H,29,30). The quantitative estimate of drug-likeness (QED) is 0.356. The van der Waals surface area contributed by atoms with Gasteiger partial charge >= 0.3 is 0 Å². The first kappa shape index (κ1) is 18.6. The van der Waals surface area contributed by atoms with E-state index in [9.17, 15) is 4.79 Å². The lowest BCUT2D eigenvalue weighted by Crippen LogP contribution is -1.86. The zero-order valence-electron chi connectivity index (χ0n) is 17.0. The number of aromatic amines is 2. The summed E-state index contributed by atoms with van der Waals surface area (Å²) in [5.74, 6) is 0.0709. The second-order valence-electron chi connectivity index (χ2n) is 7.43. The number of carbonyl (C=O) groups is 1. The Morgan fingerprint density at radius 3 is 2.69 bits per heavy atom. The molecule has 6 aromatic heterocycles. The Labute approximate surface area is 186 Å². The SMILES string of the molecule is CC(=O)c1ccc(-c2ccnc3[nH]c(-c4n[nH]c5cnc(-c6ccccn6)cc45)cc23)s1. The molecule has 6 rings (SSSR count). The van der Waals surface area contributed by atoms with Crippen LogP contribution in [-0.4, -0.2) is 35.9 Å². The third-order valence-electron chi connectivity index (χ3n) is 5.38. The average Bonchev–Trinajstić information content (AvgIpc) is 3.56. The van der Waals surface area contributed by atoms with Gasteiger partial charge in [-0.05, 0) is 49.4 Å². The van der Waals surface area contributed by atoms with Gasteiger partial charge in [0.15, 0.2) is 5.78 Å². The van der Waals surface area contributed by atoms with Crippen LogP contribution in [0, 0.1) is 0 Å². The van der Waals surface area contributed by atoms with Crippen molar-refractivity contribution in [1.29, 1.82) is 0 Å². The van der Waals surface area contributed by atoms with Crippen molar-refractivity contribution in [3.05, 3.63) is 72.0 Å². The molecular weight excluding hydrogens is 420 g/mol. The first-order chi connectivity index (χ1) is 15.7. The molecule has 154 valence electrons. The molecular formula is C24H16N6OS. The number of hydrogen-bond donors (Lipinski definition) is 2. The number of fused-ring (bicyclic) bond motifs is 2. The van der Waals surface area contributed by atoms with E-state index in [4.69, 9.17) is 0 Å². The van der Waals surface area contributed by atoms with Gasteiger partial charge in [0, 0.05) is 33.6 Å². The topological polar surface area (TPSA) is 100 Å². The Bertz CT molecular complexity index is 1610. The molecule has 0 amide bonds. The summed E-state index contributed by atoms with van der Waals surface area (Å²) in [6, 6.07) is 15.6. The van der Waals surface area contributed by atoms with E-state index in [1.165, 1.54) is 11.3 Å². The van der Waals surface area contributed by atoms with Gasteiger partial charge in [-0.2, -0.15) is 5.10 Å². The summed E-state index contributed by atoms with van der Waals surface area (Å²) < 4.78 is 0. The molecule has 2 N–H and O–H groups in total. The number of thiophene rings is 1. The van der Waals surface area contributed by atoms with Crippen LogP contribution < -0.4 is 0 Å². The highest BCUT2D eigenvalue weighted by Crippen LogP contribution is 2.36. The number of carbonyl (C=O) groups excluding carboxylic acids is 1. The van der Waals surface area contributed by atoms with Gasteiger partial charge in [-0.3, -0.25) is 19.9 Å². The normalized spacial score (nSPS) is 11.4. The van der Waals surface area contributed by atoms with Crippen molar-refractivity contribution >= 4 is 39.1 Å². The van der Waals surface area contributed by atoms with Crippen LogP contribution in [0.5, 0.6) is 0 Å². The summed E-state index contributed by atoms with van der Waals surface area (Å²) in [4.78, 5) is 30.3. The predicted octanol–water partition coefficient (Wildman–Crippen LogP) is 5.49. The second-order valence-corrected chi connectivity index (χ2v) is 8.51. The van der Waals surface area contributed by atoms with Crippen LogP contribution in [0.1, 0.15) is 16.6 Å². The number of ketones is 1. The summed E-state index contributed by atoms with van der Waals surface area (Å²) in [6.07, 6.45) is 5.30. The number of rotatable bonds is 4. The van der Waals surface area contributed by atoms with E-state index >= 15 is 0 Å². The van der Waals surface area contributed by atoms with Crippen molar-refractivity contribution in [3.63, 3.8) is 0 Å². The molecule has 0 saturated carbocycles. The zero-order valence-corrected chi connectivity index (χ0v) is 17.8. The van der Waals surface area contributed by atoms with Gasteiger partial charge in [0.25, 0.3) is 0 Å². The number of nitrogens with one attached hydrogen (secondary N) is 2. The van der Waals surface area contributed by atoms with Crippen molar-refractivity contribution in [2.24, 2.45) is 0 Å². The molecule has 0 unspecified atom stereocenters. The van der Waals surface area contributed by atoms with Crippen molar-refractivity contribution in [2.75, 3.05) is 0 Å². The molecule has 0 aromatic carbocycles. The first-order valence-electron chi connectivity index (χ1n) is 10.0. The van der Waals surface area contributed by atoms with Crippen LogP contribution in [0.25, 0.3) is 55.2 Å². The third-order valence-corrected chi connectivity index (χ3v) is 6.60. The van der Waals surface area contributed by atoms with E-state index in [0.717, 1.165) is 60.0 Å². The lowest BCUT2D eigenvalue weighted by molar-refractivity contribution is 0.102. The maximum Gasteiger partial charge on any atom is 0.169 e. The number of nitrogens with zero attached hydrogens (tertiary/aromatic N) is 4. The van der Waals surface area contributed by atoms with Gasteiger partial charge in [-0.15, -0.1) is 11.3 Å². The molecule has 0 spiro atoms. The number of pyridine rings is 3. The van der Waals surface area contributed by atoms with Gasteiger partial charge in [0.2, 0.25) is 0 Å². The molecule has 6 heterocycles. The van der Waals surface area contributed by atoms with Crippen LogP contribution in [0.2, 0.25) is 0 Å². The fraction of sp³-hybridized carbons (Fsp3) is 0.0417. The summed E-state index contributed by atoms with van der Waals surface area (Å²) >= 11 is 1.49. The van der Waals surface area contributed by atoms with E-state index in [2.05, 4.69) is 36.2 Å². The van der Waals surface area contributed by atoms with Crippen molar-refractivity contribution < 1.29 is 4.79 Å². The number of Topliss-reactive ketones (excluding diaryl/α,β-unsaturated/α-hetero) is 1.